The van der Waals surface area contributed by atoms with Crippen LogP contribution in [-0.2, 0) is 4.79 Å². The topological polar surface area (TPSA) is 55.0 Å². The Morgan fingerprint density at radius 2 is 1.90 bits per heavy atom. The van der Waals surface area contributed by atoms with Crippen LogP contribution >= 0.6 is 0 Å². The average Bonchev–Trinajstić information content (AvgIpc) is 3.25. The Kier molecular flexibility index (Phi) is 5.26. The van der Waals surface area contributed by atoms with Gasteiger partial charge in [-0.25, -0.2) is 4.98 Å². The monoisotopic (exact) mass is 412 g/mol. The number of H-pyrrole nitrogens is 1. The third kappa shape index (κ3) is 3.24. The van der Waals surface area contributed by atoms with Gasteiger partial charge in [-0.1, -0.05) is 33.6 Å². The molecule has 5 rings (SSSR count). The van der Waals surface area contributed by atoms with Crippen molar-refractivity contribution in [3.63, 3.8) is 0 Å². The zero-order valence-electron chi connectivity index (χ0n) is 19.2. The molecule has 0 amide bonds. The molecule has 8 atom stereocenters. The number of hydrogen-bond acceptors (Lipinski definition) is 3. The molecule has 30 heavy (non-hydrogen) atoms. The highest BCUT2D eigenvalue weighted by atomic mass is 16.5. The van der Waals surface area contributed by atoms with Gasteiger partial charge in [-0.2, -0.15) is 0 Å². The molecule has 3 unspecified atom stereocenters. The van der Waals surface area contributed by atoms with E-state index in [0.717, 1.165) is 36.0 Å². The Morgan fingerprint density at radius 1 is 1.10 bits per heavy atom. The molecule has 0 aromatic carbocycles. The summed E-state index contributed by atoms with van der Waals surface area (Å²) in [6.07, 6.45) is 16.7. The molecule has 0 aliphatic heterocycles. The normalized spacial score (nSPS) is 45.7. The fraction of sp³-hybridized carbons (Fsp3) is 0.846. The van der Waals surface area contributed by atoms with E-state index in [0.29, 0.717) is 17.2 Å². The molecule has 1 aromatic heterocycles. The summed E-state index contributed by atoms with van der Waals surface area (Å²) in [5.74, 6) is 4.75. The average molecular weight is 413 g/mol. The molecule has 4 heteroatoms. The number of Topliss-reactive ketones (excluding diaryl/α,β-unsaturated/α-hetero) is 1. The van der Waals surface area contributed by atoms with Gasteiger partial charge >= 0.3 is 0 Å². The Hall–Kier alpha value is -1.32. The number of imidazole rings is 1. The molecule has 166 valence electrons. The largest absolute Gasteiger partial charge is 0.457 e. The second-order valence-electron chi connectivity index (χ2n) is 11.7. The number of fused-ring (bicyclic) bond motifs is 5. The second kappa shape index (κ2) is 7.67. The Morgan fingerprint density at radius 3 is 2.70 bits per heavy atom. The predicted molar refractivity (Wildman–Crippen MR) is 118 cm³/mol. The molecule has 0 radical (unpaired) electrons. The summed E-state index contributed by atoms with van der Waals surface area (Å²) in [5.41, 5.74) is 0.713. The number of hydrogen-bond donors (Lipinski definition) is 1. The molecule has 1 aromatic rings. The zero-order valence-corrected chi connectivity index (χ0v) is 19.2. The fourth-order valence-electron chi connectivity index (χ4n) is 8.77. The minimum atomic E-state index is 0.157. The van der Waals surface area contributed by atoms with E-state index in [2.05, 4.69) is 30.7 Å². The van der Waals surface area contributed by atoms with Gasteiger partial charge in [0.05, 0.1) is 0 Å². The van der Waals surface area contributed by atoms with Gasteiger partial charge in [-0.15, -0.1) is 0 Å². The van der Waals surface area contributed by atoms with Crippen molar-refractivity contribution in [3.05, 3.63) is 12.4 Å². The number of ketones is 1. The van der Waals surface area contributed by atoms with Crippen molar-refractivity contribution in [2.45, 2.75) is 85.0 Å². The summed E-state index contributed by atoms with van der Waals surface area (Å²) in [5, 5.41) is 0. The molecular weight excluding hydrogens is 372 g/mol. The number of aromatic amines is 1. The van der Waals surface area contributed by atoms with Crippen molar-refractivity contribution in [2.75, 3.05) is 6.61 Å². The van der Waals surface area contributed by atoms with Gasteiger partial charge in [0.1, 0.15) is 6.61 Å². The van der Waals surface area contributed by atoms with Crippen LogP contribution in [0.4, 0.5) is 0 Å². The highest BCUT2D eigenvalue weighted by Gasteiger charge is 2.59. The third-order valence-corrected chi connectivity index (χ3v) is 10.4. The van der Waals surface area contributed by atoms with E-state index in [1.165, 1.54) is 57.8 Å². The van der Waals surface area contributed by atoms with Crippen LogP contribution in [0.3, 0.4) is 0 Å². The summed E-state index contributed by atoms with van der Waals surface area (Å²) in [7, 11) is 0. The van der Waals surface area contributed by atoms with E-state index in [1.54, 1.807) is 12.4 Å². The zero-order chi connectivity index (χ0) is 20.9. The summed E-state index contributed by atoms with van der Waals surface area (Å²) >= 11 is 0. The van der Waals surface area contributed by atoms with Gasteiger partial charge in [0, 0.05) is 18.3 Å². The molecule has 4 aliphatic rings. The van der Waals surface area contributed by atoms with Gasteiger partial charge in [0.25, 0.3) is 6.01 Å². The summed E-state index contributed by atoms with van der Waals surface area (Å²) in [4.78, 5) is 20.3. The van der Waals surface area contributed by atoms with Crippen LogP contribution in [-0.4, -0.2) is 22.4 Å². The Bertz CT molecular complexity index is 761. The first kappa shape index (κ1) is 20.6. The van der Waals surface area contributed by atoms with Crippen molar-refractivity contribution in [1.82, 2.24) is 9.97 Å². The van der Waals surface area contributed by atoms with Crippen molar-refractivity contribution >= 4 is 5.78 Å². The number of rotatable bonds is 4. The number of nitrogens with zero attached hydrogens (tertiary/aromatic N) is 1. The molecule has 1 heterocycles. The minimum Gasteiger partial charge on any atom is -0.457 e. The van der Waals surface area contributed by atoms with Crippen molar-refractivity contribution in [1.29, 1.82) is 0 Å². The number of aromatic nitrogens is 2. The molecule has 0 bridgehead atoms. The standard InChI is InChI=1S/C26H40N2O2/c1-17-9-11-25(2)18(15-17)7-8-19-20-5-4-6-22(26(20,3)12-10-21(19)25)23(29)16-30-24-27-13-14-28-24/h13-14,17-22H,4-12,15-16H2,1-3H3,(H,27,28)/t17-,18?,19-,20?,21?,22+,25-,26-/m0/s1. The maximum absolute atomic E-state index is 13.3. The van der Waals surface area contributed by atoms with Crippen molar-refractivity contribution in [3.8, 4) is 6.01 Å². The second-order valence-corrected chi connectivity index (χ2v) is 11.7. The molecule has 4 saturated carbocycles. The number of carbonyl (C=O) groups is 1. The SMILES string of the molecule is C[C@H]1CC[C@@]2(C)C(CC[C@@H]3C2CC[C@@]2(C)C3CCC[C@@H]2C(=O)COc2ncc[nH]2)C1. The fourth-order valence-corrected chi connectivity index (χ4v) is 8.77. The van der Waals surface area contributed by atoms with Crippen LogP contribution < -0.4 is 4.74 Å². The molecule has 0 spiro atoms. The number of ether oxygens (including phenoxy) is 1. The molecule has 4 nitrogen and oxygen atoms in total. The minimum absolute atomic E-state index is 0.157. The van der Waals surface area contributed by atoms with Crippen LogP contribution in [0.2, 0.25) is 0 Å². The van der Waals surface area contributed by atoms with Gasteiger partial charge in [0.15, 0.2) is 5.78 Å². The maximum atomic E-state index is 13.3. The lowest BCUT2D eigenvalue weighted by molar-refractivity contribution is -0.158. The predicted octanol–water partition coefficient (Wildman–Crippen LogP) is 6.04. The highest BCUT2D eigenvalue weighted by Crippen LogP contribution is 2.66. The maximum Gasteiger partial charge on any atom is 0.293 e. The molecule has 1 N–H and O–H groups in total. The first-order valence-electron chi connectivity index (χ1n) is 12.6. The van der Waals surface area contributed by atoms with E-state index in [-0.39, 0.29) is 17.9 Å². The van der Waals surface area contributed by atoms with Crippen LogP contribution in [0.25, 0.3) is 0 Å². The summed E-state index contributed by atoms with van der Waals surface area (Å²) in [6.45, 7) is 7.73. The summed E-state index contributed by atoms with van der Waals surface area (Å²) in [6, 6.07) is 0.461. The van der Waals surface area contributed by atoms with E-state index in [9.17, 15) is 4.79 Å². The smallest absolute Gasteiger partial charge is 0.293 e. The number of carbonyl (C=O) groups excluding carboxylic acids is 1. The van der Waals surface area contributed by atoms with E-state index in [1.807, 2.05) is 0 Å². The molecular formula is C26H40N2O2. The molecule has 0 saturated heterocycles. The first-order valence-corrected chi connectivity index (χ1v) is 12.6. The highest BCUT2D eigenvalue weighted by molar-refractivity contribution is 5.83. The first-order chi connectivity index (χ1) is 14.4. The van der Waals surface area contributed by atoms with E-state index < -0.39 is 0 Å². The Balaban J connectivity index is 1.33. The van der Waals surface area contributed by atoms with Crippen LogP contribution in [0.5, 0.6) is 6.01 Å². The van der Waals surface area contributed by atoms with Gasteiger partial charge in [0.2, 0.25) is 0 Å². The molecule has 4 fully saturated rings. The Labute approximate surface area is 182 Å². The lowest BCUT2D eigenvalue weighted by Crippen LogP contribution is -2.57. The van der Waals surface area contributed by atoms with E-state index in [4.69, 9.17) is 4.74 Å². The van der Waals surface area contributed by atoms with Crippen molar-refractivity contribution in [2.24, 2.45) is 46.3 Å². The lowest BCUT2D eigenvalue weighted by atomic mass is 9.41. The van der Waals surface area contributed by atoms with Crippen LogP contribution in [0, 0.1) is 46.3 Å². The van der Waals surface area contributed by atoms with E-state index >= 15 is 0 Å². The summed E-state index contributed by atoms with van der Waals surface area (Å²) < 4.78 is 5.67. The van der Waals surface area contributed by atoms with Gasteiger partial charge in [-0.05, 0) is 91.8 Å². The third-order valence-electron chi connectivity index (χ3n) is 10.4. The lowest BCUT2D eigenvalue weighted by Gasteiger charge is -2.63. The number of nitrogens with one attached hydrogen (secondary N) is 1. The van der Waals surface area contributed by atoms with Crippen LogP contribution in [0.1, 0.15) is 85.0 Å². The quantitative estimate of drug-likeness (QED) is 0.655. The van der Waals surface area contributed by atoms with Gasteiger partial charge < -0.3 is 9.72 Å². The molecule has 4 aliphatic carbocycles. The van der Waals surface area contributed by atoms with Gasteiger partial charge in [-0.3, -0.25) is 4.79 Å². The van der Waals surface area contributed by atoms with Crippen LogP contribution in [0.15, 0.2) is 12.4 Å². The van der Waals surface area contributed by atoms with Crippen molar-refractivity contribution < 1.29 is 9.53 Å².